The minimum Gasteiger partial charge on any atom is -0.385 e. The van der Waals surface area contributed by atoms with Crippen molar-refractivity contribution in [3.05, 3.63) is 11.2 Å². The molecule has 1 rings (SSSR count). The zero-order valence-corrected chi connectivity index (χ0v) is 12.0. The van der Waals surface area contributed by atoms with Crippen molar-refractivity contribution in [1.29, 1.82) is 0 Å². The third-order valence-corrected chi connectivity index (χ3v) is 2.73. The predicted molar refractivity (Wildman–Crippen MR) is 75.6 cm³/mol. The third-order valence-electron chi connectivity index (χ3n) is 2.46. The van der Waals surface area contributed by atoms with Crippen LogP contribution in [0.4, 0.5) is 11.8 Å². The quantitative estimate of drug-likeness (QED) is 0.737. The molecule has 1 aromatic heterocycles. The molecule has 0 saturated heterocycles. The van der Waals surface area contributed by atoms with Crippen LogP contribution in [0.3, 0.4) is 0 Å². The summed E-state index contributed by atoms with van der Waals surface area (Å²) in [5.74, 6) is 1.37. The van der Waals surface area contributed by atoms with Gasteiger partial charge in [-0.3, -0.25) is 0 Å². The van der Waals surface area contributed by atoms with Crippen LogP contribution in [-0.2, 0) is 4.74 Å². The summed E-state index contributed by atoms with van der Waals surface area (Å²) in [6.07, 6.45) is 3.60. The molecule has 18 heavy (non-hydrogen) atoms. The lowest BCUT2D eigenvalue weighted by Gasteiger charge is -2.19. The lowest BCUT2D eigenvalue weighted by atomic mass is 10.4. The van der Waals surface area contributed by atoms with Gasteiger partial charge in [0.15, 0.2) is 5.82 Å². The molecular formula is C12H21ClN4O. The fraction of sp³-hybridized carbons (Fsp3) is 0.667. The number of anilines is 2. The Balaban J connectivity index is 2.66. The third kappa shape index (κ3) is 4.66. The molecule has 0 bridgehead atoms. The fourth-order valence-electron chi connectivity index (χ4n) is 1.50. The summed E-state index contributed by atoms with van der Waals surface area (Å²) in [5, 5.41) is 3.72. The van der Waals surface area contributed by atoms with Crippen LogP contribution in [0, 0.1) is 0 Å². The molecular weight excluding hydrogens is 252 g/mol. The van der Waals surface area contributed by atoms with Gasteiger partial charge in [0, 0.05) is 33.9 Å². The van der Waals surface area contributed by atoms with Gasteiger partial charge in [0.1, 0.15) is 5.02 Å². The Morgan fingerprint density at radius 2 is 2.28 bits per heavy atom. The van der Waals surface area contributed by atoms with Crippen molar-refractivity contribution in [3.63, 3.8) is 0 Å². The first-order valence-electron chi connectivity index (χ1n) is 6.15. The molecule has 0 fully saturated rings. The number of nitrogens with zero attached hydrogens (tertiary/aromatic N) is 3. The second-order valence-corrected chi connectivity index (χ2v) is 4.47. The average Bonchev–Trinajstić information content (AvgIpc) is 2.38. The summed E-state index contributed by atoms with van der Waals surface area (Å²) in [4.78, 5) is 10.6. The molecule has 5 nitrogen and oxygen atoms in total. The number of rotatable bonds is 8. The summed E-state index contributed by atoms with van der Waals surface area (Å²) in [6.45, 7) is 4.53. The van der Waals surface area contributed by atoms with E-state index in [1.807, 2.05) is 11.9 Å². The SMILES string of the molecule is CCCNc1ncc(Cl)c(N(C)CCCOC)n1. The molecule has 102 valence electrons. The number of nitrogens with one attached hydrogen (secondary N) is 1. The first kappa shape index (κ1) is 15.0. The van der Waals surface area contributed by atoms with E-state index in [9.17, 15) is 0 Å². The van der Waals surface area contributed by atoms with Crippen LogP contribution in [0.25, 0.3) is 0 Å². The van der Waals surface area contributed by atoms with Gasteiger partial charge < -0.3 is 15.0 Å². The van der Waals surface area contributed by atoms with E-state index in [1.54, 1.807) is 13.3 Å². The van der Waals surface area contributed by atoms with Crippen LogP contribution in [0.15, 0.2) is 6.20 Å². The molecule has 0 atom stereocenters. The first-order chi connectivity index (χ1) is 8.69. The summed E-state index contributed by atoms with van der Waals surface area (Å²) in [6, 6.07) is 0. The molecule has 0 spiro atoms. The largest absolute Gasteiger partial charge is 0.385 e. The first-order valence-corrected chi connectivity index (χ1v) is 6.53. The maximum absolute atomic E-state index is 6.11. The summed E-state index contributed by atoms with van der Waals surface area (Å²) >= 11 is 6.11. The summed E-state index contributed by atoms with van der Waals surface area (Å²) in [5.41, 5.74) is 0. The van der Waals surface area contributed by atoms with E-state index in [2.05, 4.69) is 22.2 Å². The van der Waals surface area contributed by atoms with Crippen molar-refractivity contribution < 1.29 is 4.74 Å². The second-order valence-electron chi connectivity index (χ2n) is 4.06. The number of aromatic nitrogens is 2. The van der Waals surface area contributed by atoms with Crippen molar-refractivity contribution in [1.82, 2.24) is 9.97 Å². The van der Waals surface area contributed by atoms with E-state index in [4.69, 9.17) is 16.3 Å². The Morgan fingerprint density at radius 3 is 2.94 bits per heavy atom. The zero-order valence-electron chi connectivity index (χ0n) is 11.2. The van der Waals surface area contributed by atoms with E-state index < -0.39 is 0 Å². The molecule has 0 aromatic carbocycles. The summed E-state index contributed by atoms with van der Waals surface area (Å²) < 4.78 is 5.03. The van der Waals surface area contributed by atoms with E-state index in [-0.39, 0.29) is 0 Å². The Kier molecular flexibility index (Phi) is 6.75. The molecule has 0 aliphatic heterocycles. The maximum atomic E-state index is 6.11. The van der Waals surface area contributed by atoms with Gasteiger partial charge in [0.25, 0.3) is 0 Å². The van der Waals surface area contributed by atoms with E-state index >= 15 is 0 Å². The van der Waals surface area contributed by atoms with E-state index in [0.29, 0.717) is 11.0 Å². The van der Waals surface area contributed by atoms with Crippen LogP contribution >= 0.6 is 11.6 Å². The lowest BCUT2D eigenvalue weighted by Crippen LogP contribution is -2.22. The monoisotopic (exact) mass is 272 g/mol. The topological polar surface area (TPSA) is 50.3 Å². The van der Waals surface area contributed by atoms with Crippen LogP contribution in [0.2, 0.25) is 5.02 Å². The van der Waals surface area contributed by atoms with Crippen molar-refractivity contribution in [3.8, 4) is 0 Å². The van der Waals surface area contributed by atoms with Gasteiger partial charge in [-0.15, -0.1) is 0 Å². The minimum atomic E-state index is 0.567. The highest BCUT2D eigenvalue weighted by Crippen LogP contribution is 2.22. The van der Waals surface area contributed by atoms with Gasteiger partial charge in [-0.05, 0) is 12.8 Å². The van der Waals surface area contributed by atoms with Gasteiger partial charge in [-0.1, -0.05) is 18.5 Å². The molecule has 0 amide bonds. The number of hydrogen-bond donors (Lipinski definition) is 1. The standard InChI is InChI=1S/C12H21ClN4O/c1-4-6-14-12-15-9-10(13)11(16-12)17(2)7-5-8-18-3/h9H,4-8H2,1-3H3,(H,14,15,16). The Labute approximate surface area is 114 Å². The maximum Gasteiger partial charge on any atom is 0.224 e. The lowest BCUT2D eigenvalue weighted by molar-refractivity contribution is 0.196. The highest BCUT2D eigenvalue weighted by molar-refractivity contribution is 6.32. The molecule has 6 heteroatoms. The molecule has 0 aliphatic rings. The smallest absolute Gasteiger partial charge is 0.224 e. The van der Waals surface area contributed by atoms with Gasteiger partial charge in [0.05, 0.1) is 6.20 Å². The van der Waals surface area contributed by atoms with Crippen molar-refractivity contribution in [2.45, 2.75) is 19.8 Å². The van der Waals surface area contributed by atoms with Crippen molar-refractivity contribution >= 4 is 23.4 Å². The van der Waals surface area contributed by atoms with Gasteiger partial charge in [-0.2, -0.15) is 4.98 Å². The summed E-state index contributed by atoms with van der Waals surface area (Å²) in [7, 11) is 3.66. The molecule has 1 N–H and O–H groups in total. The number of methoxy groups -OCH3 is 1. The van der Waals surface area contributed by atoms with E-state index in [0.717, 1.165) is 38.4 Å². The number of hydrogen-bond acceptors (Lipinski definition) is 5. The van der Waals surface area contributed by atoms with Gasteiger partial charge in [-0.25, -0.2) is 4.98 Å². The fourth-order valence-corrected chi connectivity index (χ4v) is 1.74. The normalized spacial score (nSPS) is 10.4. The Bertz CT molecular complexity index is 362. The second kappa shape index (κ2) is 8.11. The van der Waals surface area contributed by atoms with Crippen molar-refractivity contribution in [2.75, 3.05) is 44.1 Å². The molecule has 1 heterocycles. The molecule has 0 saturated carbocycles. The van der Waals surface area contributed by atoms with Crippen LogP contribution in [-0.4, -0.2) is 43.8 Å². The number of halogens is 1. The molecule has 0 aliphatic carbocycles. The van der Waals surface area contributed by atoms with Crippen LogP contribution in [0.1, 0.15) is 19.8 Å². The molecule has 1 aromatic rings. The highest BCUT2D eigenvalue weighted by atomic mass is 35.5. The van der Waals surface area contributed by atoms with E-state index in [1.165, 1.54) is 0 Å². The van der Waals surface area contributed by atoms with Gasteiger partial charge >= 0.3 is 0 Å². The van der Waals surface area contributed by atoms with Gasteiger partial charge in [0.2, 0.25) is 5.95 Å². The van der Waals surface area contributed by atoms with Crippen molar-refractivity contribution in [2.24, 2.45) is 0 Å². The average molecular weight is 273 g/mol. The van der Waals surface area contributed by atoms with Crippen LogP contribution < -0.4 is 10.2 Å². The Morgan fingerprint density at radius 1 is 1.50 bits per heavy atom. The highest BCUT2D eigenvalue weighted by Gasteiger charge is 2.09. The Hall–Kier alpha value is -1.07. The molecule has 0 radical (unpaired) electrons. The van der Waals surface area contributed by atoms with Crippen LogP contribution in [0.5, 0.6) is 0 Å². The predicted octanol–water partition coefficient (Wildman–Crippen LogP) is 2.42. The zero-order chi connectivity index (χ0) is 13.4. The minimum absolute atomic E-state index is 0.567. The molecule has 0 unspecified atom stereocenters. The number of ether oxygens (including phenoxy) is 1.